The Hall–Kier alpha value is -2.10. The van der Waals surface area contributed by atoms with E-state index in [0.717, 1.165) is 55.2 Å². The van der Waals surface area contributed by atoms with Gasteiger partial charge in [-0.25, -0.2) is 0 Å². The zero-order valence-corrected chi connectivity index (χ0v) is 15.8. The van der Waals surface area contributed by atoms with Crippen molar-refractivity contribution in [3.63, 3.8) is 0 Å². The van der Waals surface area contributed by atoms with Gasteiger partial charge in [-0.05, 0) is 67.9 Å². The molecule has 0 amide bonds. The summed E-state index contributed by atoms with van der Waals surface area (Å²) in [4.78, 5) is 22.8. The SMILES string of the molecule is Cc1cc(O)cc(C)c1C=CC1CCC(=O)C1CCCCCCC(=O)O. The number of rotatable bonds is 9. The summed E-state index contributed by atoms with van der Waals surface area (Å²) >= 11 is 0. The molecular formula is C22H30O4. The van der Waals surface area contributed by atoms with Crippen molar-refractivity contribution in [2.45, 2.75) is 65.2 Å². The lowest BCUT2D eigenvalue weighted by Gasteiger charge is -2.15. The number of hydrogen-bond donors (Lipinski definition) is 2. The summed E-state index contributed by atoms with van der Waals surface area (Å²) in [7, 11) is 0. The Labute approximate surface area is 155 Å². The van der Waals surface area contributed by atoms with Crippen LogP contribution in [0.1, 0.15) is 68.1 Å². The van der Waals surface area contributed by atoms with Crippen molar-refractivity contribution in [3.05, 3.63) is 34.9 Å². The molecule has 1 aliphatic carbocycles. The third-order valence-corrected chi connectivity index (χ3v) is 5.40. The van der Waals surface area contributed by atoms with E-state index in [-0.39, 0.29) is 24.0 Å². The molecule has 0 bridgehead atoms. The van der Waals surface area contributed by atoms with Crippen LogP contribution in [0.2, 0.25) is 0 Å². The number of allylic oxidation sites excluding steroid dienone is 1. The molecule has 1 aromatic carbocycles. The number of unbranched alkanes of at least 4 members (excludes halogenated alkanes) is 3. The molecule has 0 radical (unpaired) electrons. The normalized spacial score (nSPS) is 20.2. The molecule has 0 aliphatic heterocycles. The molecule has 142 valence electrons. The van der Waals surface area contributed by atoms with E-state index in [1.165, 1.54) is 0 Å². The quantitative estimate of drug-likeness (QED) is 0.606. The van der Waals surface area contributed by atoms with Gasteiger partial charge in [-0.15, -0.1) is 0 Å². The molecule has 26 heavy (non-hydrogen) atoms. The first-order chi connectivity index (χ1) is 12.4. The molecule has 1 saturated carbocycles. The maximum atomic E-state index is 12.2. The van der Waals surface area contributed by atoms with Gasteiger partial charge in [0, 0.05) is 18.8 Å². The predicted octanol–water partition coefficient (Wildman–Crippen LogP) is 5.04. The van der Waals surface area contributed by atoms with Gasteiger partial charge in [0.15, 0.2) is 0 Å². The second kappa shape index (κ2) is 9.56. The number of aliphatic carboxylic acids is 1. The molecule has 0 aromatic heterocycles. The standard InChI is InChI=1S/C22H30O4/c1-15-13-18(23)14-16(2)19(15)11-9-17-10-12-21(24)20(17)7-5-3-4-6-8-22(25)26/h9,11,13-14,17,20,23H,3-8,10,12H2,1-2H3,(H,25,26). The second-order valence-corrected chi connectivity index (χ2v) is 7.47. The fourth-order valence-electron chi connectivity index (χ4n) is 3.97. The lowest BCUT2D eigenvalue weighted by Crippen LogP contribution is -2.13. The monoisotopic (exact) mass is 358 g/mol. The van der Waals surface area contributed by atoms with Crippen LogP contribution in [0.15, 0.2) is 18.2 Å². The van der Waals surface area contributed by atoms with Crippen LogP contribution in [0.5, 0.6) is 5.75 Å². The number of carboxylic acid groups (broad SMARTS) is 1. The van der Waals surface area contributed by atoms with E-state index in [4.69, 9.17) is 5.11 Å². The first-order valence-corrected chi connectivity index (χ1v) is 9.61. The molecular weight excluding hydrogens is 328 g/mol. The number of benzene rings is 1. The third-order valence-electron chi connectivity index (χ3n) is 5.40. The van der Waals surface area contributed by atoms with Crippen molar-refractivity contribution in [2.24, 2.45) is 11.8 Å². The summed E-state index contributed by atoms with van der Waals surface area (Å²) in [5.41, 5.74) is 3.20. The summed E-state index contributed by atoms with van der Waals surface area (Å²) in [5, 5.41) is 18.3. The minimum absolute atomic E-state index is 0.100. The molecule has 0 spiro atoms. The number of phenolic OH excluding ortho intramolecular Hbond substituents is 1. The minimum Gasteiger partial charge on any atom is -0.508 e. The topological polar surface area (TPSA) is 74.6 Å². The van der Waals surface area contributed by atoms with Crippen LogP contribution in [0, 0.1) is 25.7 Å². The Morgan fingerprint density at radius 1 is 1.15 bits per heavy atom. The maximum Gasteiger partial charge on any atom is 0.303 e. The summed E-state index contributed by atoms with van der Waals surface area (Å²) in [6.45, 7) is 3.97. The Balaban J connectivity index is 1.90. The smallest absolute Gasteiger partial charge is 0.303 e. The Morgan fingerprint density at radius 2 is 1.81 bits per heavy atom. The first kappa shape index (κ1) is 20.2. The molecule has 1 fully saturated rings. The highest BCUT2D eigenvalue weighted by Crippen LogP contribution is 2.35. The number of carboxylic acids is 1. The minimum atomic E-state index is -0.735. The van der Waals surface area contributed by atoms with Crippen LogP contribution in [0.25, 0.3) is 6.08 Å². The number of Topliss-reactive ketones (excluding diaryl/α,β-unsaturated/α-hetero) is 1. The highest BCUT2D eigenvalue weighted by molar-refractivity contribution is 5.84. The van der Waals surface area contributed by atoms with Gasteiger partial charge in [0.1, 0.15) is 11.5 Å². The highest BCUT2D eigenvalue weighted by atomic mass is 16.4. The second-order valence-electron chi connectivity index (χ2n) is 7.47. The summed E-state index contributed by atoms with van der Waals surface area (Å²) in [6.07, 6.45) is 10.6. The summed E-state index contributed by atoms with van der Waals surface area (Å²) < 4.78 is 0. The molecule has 0 saturated heterocycles. The molecule has 4 heteroatoms. The molecule has 1 aromatic rings. The van der Waals surface area contributed by atoms with Gasteiger partial charge in [-0.2, -0.15) is 0 Å². The number of carbonyl (C=O) groups excluding carboxylic acids is 1. The van der Waals surface area contributed by atoms with Gasteiger partial charge < -0.3 is 10.2 Å². The third kappa shape index (κ3) is 5.72. The van der Waals surface area contributed by atoms with E-state index in [1.807, 2.05) is 13.8 Å². The fourth-order valence-corrected chi connectivity index (χ4v) is 3.97. The molecule has 2 unspecified atom stereocenters. The van der Waals surface area contributed by atoms with Crippen LogP contribution in [-0.4, -0.2) is 22.0 Å². The van der Waals surface area contributed by atoms with Crippen molar-refractivity contribution >= 4 is 17.8 Å². The van der Waals surface area contributed by atoms with E-state index >= 15 is 0 Å². The van der Waals surface area contributed by atoms with Gasteiger partial charge in [-0.3, -0.25) is 9.59 Å². The van der Waals surface area contributed by atoms with Gasteiger partial charge in [0.2, 0.25) is 0 Å². The van der Waals surface area contributed by atoms with E-state index in [9.17, 15) is 14.7 Å². The molecule has 4 nitrogen and oxygen atoms in total. The van der Waals surface area contributed by atoms with Crippen LogP contribution in [0.4, 0.5) is 0 Å². The van der Waals surface area contributed by atoms with E-state index in [0.29, 0.717) is 12.2 Å². The number of hydrogen-bond acceptors (Lipinski definition) is 3. The van der Waals surface area contributed by atoms with Crippen molar-refractivity contribution in [1.82, 2.24) is 0 Å². The zero-order chi connectivity index (χ0) is 19.1. The first-order valence-electron chi connectivity index (χ1n) is 9.61. The van der Waals surface area contributed by atoms with E-state index in [2.05, 4.69) is 12.2 Å². The molecule has 2 N–H and O–H groups in total. The number of phenols is 1. The Bertz CT molecular complexity index is 652. The number of aromatic hydroxyl groups is 1. The van der Waals surface area contributed by atoms with Gasteiger partial charge >= 0.3 is 5.97 Å². The van der Waals surface area contributed by atoms with Gasteiger partial charge in [0.05, 0.1) is 0 Å². The van der Waals surface area contributed by atoms with E-state index in [1.54, 1.807) is 12.1 Å². The number of ketones is 1. The predicted molar refractivity (Wildman–Crippen MR) is 103 cm³/mol. The molecule has 2 atom stereocenters. The van der Waals surface area contributed by atoms with Crippen molar-refractivity contribution in [1.29, 1.82) is 0 Å². The van der Waals surface area contributed by atoms with Crippen molar-refractivity contribution in [3.8, 4) is 5.75 Å². The van der Waals surface area contributed by atoms with Gasteiger partial charge in [0.25, 0.3) is 0 Å². The van der Waals surface area contributed by atoms with Crippen LogP contribution < -0.4 is 0 Å². The average molecular weight is 358 g/mol. The number of carbonyl (C=O) groups is 2. The van der Waals surface area contributed by atoms with Gasteiger partial charge in [-0.1, -0.05) is 31.4 Å². The Kier molecular flexibility index (Phi) is 7.43. The summed E-state index contributed by atoms with van der Waals surface area (Å²) in [5.74, 6) is 0.303. The lowest BCUT2D eigenvalue weighted by molar-refractivity contribution is -0.137. The van der Waals surface area contributed by atoms with Crippen LogP contribution in [0.3, 0.4) is 0 Å². The van der Waals surface area contributed by atoms with Crippen molar-refractivity contribution in [2.75, 3.05) is 0 Å². The fraction of sp³-hybridized carbons (Fsp3) is 0.545. The zero-order valence-electron chi connectivity index (χ0n) is 15.8. The average Bonchev–Trinajstić information content (AvgIpc) is 2.90. The highest BCUT2D eigenvalue weighted by Gasteiger charge is 2.32. The van der Waals surface area contributed by atoms with Crippen LogP contribution in [-0.2, 0) is 9.59 Å². The molecule has 1 aliphatic rings. The molecule has 2 rings (SSSR count). The molecule has 0 heterocycles. The van der Waals surface area contributed by atoms with Crippen molar-refractivity contribution < 1.29 is 19.8 Å². The Morgan fingerprint density at radius 3 is 2.46 bits per heavy atom. The number of aryl methyl sites for hydroxylation is 2. The van der Waals surface area contributed by atoms with E-state index < -0.39 is 5.97 Å². The van der Waals surface area contributed by atoms with Crippen LogP contribution >= 0.6 is 0 Å². The summed E-state index contributed by atoms with van der Waals surface area (Å²) in [6, 6.07) is 3.53. The maximum absolute atomic E-state index is 12.2. The lowest BCUT2D eigenvalue weighted by atomic mass is 9.88. The largest absolute Gasteiger partial charge is 0.508 e.